The maximum atomic E-state index is 8.29. The Kier molecular flexibility index (Phi) is 1.35. The highest BCUT2D eigenvalue weighted by atomic mass is 28.4. The van der Waals surface area contributed by atoms with Crippen molar-refractivity contribution in [2.24, 2.45) is 0 Å². The average molecular weight is 137 g/mol. The van der Waals surface area contributed by atoms with Gasteiger partial charge in [0.1, 0.15) is 6.23 Å². The van der Waals surface area contributed by atoms with Crippen LogP contribution in [0.2, 0.25) is 0 Å². The maximum absolute atomic E-state index is 8.29. The zero-order valence-electron chi connectivity index (χ0n) is 4.03. The molecule has 1 rings (SSSR count). The van der Waals surface area contributed by atoms with Gasteiger partial charge in [-0.3, -0.25) is 0 Å². The molecule has 0 bridgehead atoms. The van der Waals surface area contributed by atoms with Crippen molar-refractivity contribution in [3.63, 3.8) is 0 Å². The number of ether oxygens (including phenoxy) is 1. The minimum absolute atomic E-state index is 0.346. The van der Waals surface area contributed by atoms with E-state index in [0.717, 1.165) is 0 Å². The van der Waals surface area contributed by atoms with E-state index in [1.807, 2.05) is 0 Å². The lowest BCUT2D eigenvalue weighted by Gasteiger charge is -2.06. The maximum Gasteiger partial charge on any atom is 0.590 e. The van der Waals surface area contributed by atoms with Gasteiger partial charge in [-0.25, -0.2) is 4.98 Å². The van der Waals surface area contributed by atoms with Crippen LogP contribution in [0, 0.1) is 0 Å². The molecule has 48 valence electrons. The standard InChI is InChI=1S/C2H7NO4Si/c4-8(5,6)3-2-1-7-2/h2-6H,1H2. The third-order valence-electron chi connectivity index (χ3n) is 0.688. The van der Waals surface area contributed by atoms with Crippen molar-refractivity contribution < 1.29 is 19.1 Å². The lowest BCUT2D eigenvalue weighted by molar-refractivity contribution is 0.197. The fraction of sp³-hybridized carbons (Fsp3) is 1.00. The molecule has 5 nitrogen and oxygen atoms in total. The van der Waals surface area contributed by atoms with Crippen molar-refractivity contribution in [3.8, 4) is 0 Å². The van der Waals surface area contributed by atoms with Crippen LogP contribution in [0.4, 0.5) is 0 Å². The van der Waals surface area contributed by atoms with Crippen molar-refractivity contribution in [1.82, 2.24) is 4.98 Å². The van der Waals surface area contributed by atoms with Gasteiger partial charge >= 0.3 is 8.97 Å². The van der Waals surface area contributed by atoms with Crippen molar-refractivity contribution in [3.05, 3.63) is 0 Å². The van der Waals surface area contributed by atoms with Gasteiger partial charge in [0.25, 0.3) is 0 Å². The summed E-state index contributed by atoms with van der Waals surface area (Å²) in [7, 11) is -4.03. The van der Waals surface area contributed by atoms with E-state index in [1.54, 1.807) is 0 Å². The highest BCUT2D eigenvalue weighted by molar-refractivity contribution is 6.53. The smallest absolute Gasteiger partial charge is 0.377 e. The van der Waals surface area contributed by atoms with Crippen LogP contribution in [0.1, 0.15) is 0 Å². The van der Waals surface area contributed by atoms with Gasteiger partial charge < -0.3 is 19.1 Å². The highest BCUT2D eigenvalue weighted by Gasteiger charge is 2.37. The van der Waals surface area contributed by atoms with Gasteiger partial charge in [0.2, 0.25) is 0 Å². The number of hydrogen-bond acceptors (Lipinski definition) is 5. The Morgan fingerprint density at radius 2 is 2.00 bits per heavy atom. The number of epoxide rings is 1. The van der Waals surface area contributed by atoms with Gasteiger partial charge in [0.05, 0.1) is 6.61 Å². The van der Waals surface area contributed by atoms with Crippen molar-refractivity contribution in [1.29, 1.82) is 0 Å². The molecule has 1 heterocycles. The second-order valence-electron chi connectivity index (χ2n) is 1.60. The minimum atomic E-state index is -4.03. The summed E-state index contributed by atoms with van der Waals surface area (Å²) < 4.78 is 4.53. The topological polar surface area (TPSA) is 85.2 Å². The fourth-order valence-corrected chi connectivity index (χ4v) is 0.946. The SMILES string of the molecule is O[Si](O)(O)NC1CO1. The van der Waals surface area contributed by atoms with E-state index in [0.29, 0.717) is 6.61 Å². The molecular formula is C2H7NO4Si. The summed E-state index contributed by atoms with van der Waals surface area (Å²) in [6.45, 7) is 0.441. The molecule has 0 aromatic heterocycles. The summed E-state index contributed by atoms with van der Waals surface area (Å²) >= 11 is 0. The molecule has 4 N–H and O–H groups in total. The Morgan fingerprint density at radius 1 is 1.50 bits per heavy atom. The fourth-order valence-electron chi connectivity index (χ4n) is 0.347. The largest absolute Gasteiger partial charge is 0.590 e. The lowest BCUT2D eigenvalue weighted by Crippen LogP contribution is -2.53. The van der Waals surface area contributed by atoms with E-state index < -0.39 is 8.97 Å². The van der Waals surface area contributed by atoms with Crippen molar-refractivity contribution >= 4 is 8.97 Å². The molecule has 0 amide bonds. The summed E-state index contributed by atoms with van der Waals surface area (Å²) in [4.78, 5) is 26.9. The first-order valence-corrected chi connectivity index (χ1v) is 3.98. The normalized spacial score (nSPS) is 28.1. The van der Waals surface area contributed by atoms with E-state index in [2.05, 4.69) is 9.72 Å². The van der Waals surface area contributed by atoms with Crippen LogP contribution in [0.5, 0.6) is 0 Å². The van der Waals surface area contributed by atoms with E-state index in [9.17, 15) is 0 Å². The second-order valence-corrected chi connectivity index (χ2v) is 3.16. The summed E-state index contributed by atoms with van der Waals surface area (Å²) in [5, 5.41) is 0. The van der Waals surface area contributed by atoms with Crippen LogP contribution in [0.15, 0.2) is 0 Å². The van der Waals surface area contributed by atoms with Crippen LogP contribution in [-0.2, 0) is 4.74 Å². The van der Waals surface area contributed by atoms with Crippen LogP contribution < -0.4 is 4.98 Å². The third kappa shape index (κ3) is 2.36. The van der Waals surface area contributed by atoms with Gasteiger partial charge in [-0.2, -0.15) is 0 Å². The van der Waals surface area contributed by atoms with E-state index in [-0.39, 0.29) is 6.23 Å². The molecule has 1 saturated heterocycles. The first-order chi connectivity index (χ1) is 3.58. The molecule has 1 fully saturated rings. The Morgan fingerprint density at radius 3 is 2.12 bits per heavy atom. The molecule has 0 radical (unpaired) electrons. The highest BCUT2D eigenvalue weighted by Crippen LogP contribution is 2.04. The molecule has 8 heavy (non-hydrogen) atoms. The van der Waals surface area contributed by atoms with Crippen LogP contribution in [-0.4, -0.2) is 36.2 Å². The quantitative estimate of drug-likeness (QED) is 0.247. The molecule has 6 heteroatoms. The molecule has 1 aliphatic heterocycles. The van der Waals surface area contributed by atoms with Gasteiger partial charge in [0.15, 0.2) is 0 Å². The Labute approximate surface area is 47.0 Å². The van der Waals surface area contributed by atoms with Gasteiger partial charge in [0, 0.05) is 0 Å². The number of nitrogens with one attached hydrogen (secondary N) is 1. The molecule has 0 spiro atoms. The summed E-state index contributed by atoms with van der Waals surface area (Å²) in [5.41, 5.74) is 0. The number of hydrogen-bond donors (Lipinski definition) is 4. The zero-order valence-corrected chi connectivity index (χ0v) is 5.03. The van der Waals surface area contributed by atoms with Crippen molar-refractivity contribution in [2.75, 3.05) is 6.61 Å². The number of rotatable bonds is 2. The molecule has 0 aliphatic carbocycles. The average Bonchev–Trinajstić information content (AvgIpc) is 2.12. The third-order valence-corrected chi connectivity index (χ3v) is 1.40. The van der Waals surface area contributed by atoms with Crippen molar-refractivity contribution in [2.45, 2.75) is 6.23 Å². The Bertz CT molecular complexity index is 86.5. The predicted octanol–water partition coefficient (Wildman–Crippen LogP) is -2.66. The molecule has 0 saturated carbocycles. The van der Waals surface area contributed by atoms with Crippen LogP contribution >= 0.6 is 0 Å². The van der Waals surface area contributed by atoms with E-state index in [4.69, 9.17) is 14.4 Å². The molecule has 0 aromatic rings. The summed E-state index contributed by atoms with van der Waals surface area (Å²) in [5.74, 6) is 0. The monoisotopic (exact) mass is 137 g/mol. The lowest BCUT2D eigenvalue weighted by atomic mass is 10.8. The first kappa shape index (κ1) is 6.14. The Balaban J connectivity index is 2.16. The molecule has 1 aliphatic rings. The molecule has 1 atom stereocenters. The summed E-state index contributed by atoms with van der Waals surface area (Å²) in [6.07, 6.45) is -0.346. The first-order valence-electron chi connectivity index (χ1n) is 2.14. The predicted molar refractivity (Wildman–Crippen MR) is 25.3 cm³/mol. The molecule has 0 aromatic carbocycles. The minimum Gasteiger partial charge on any atom is -0.377 e. The van der Waals surface area contributed by atoms with Crippen LogP contribution in [0.25, 0.3) is 0 Å². The molecule has 1 unspecified atom stereocenters. The van der Waals surface area contributed by atoms with E-state index in [1.165, 1.54) is 0 Å². The van der Waals surface area contributed by atoms with E-state index >= 15 is 0 Å². The van der Waals surface area contributed by atoms with Crippen LogP contribution in [0.3, 0.4) is 0 Å². The summed E-state index contributed by atoms with van der Waals surface area (Å²) in [6, 6.07) is 0. The molecular weight excluding hydrogens is 130 g/mol. The van der Waals surface area contributed by atoms with Gasteiger partial charge in [-0.15, -0.1) is 0 Å². The van der Waals surface area contributed by atoms with Gasteiger partial charge in [-0.05, 0) is 0 Å². The Hall–Kier alpha value is 0.0169. The zero-order chi connectivity index (χ0) is 6.20. The van der Waals surface area contributed by atoms with Gasteiger partial charge in [-0.1, -0.05) is 0 Å². The second kappa shape index (κ2) is 1.76.